The third-order valence-corrected chi connectivity index (χ3v) is 1.93. The largest absolute Gasteiger partial charge is 0.309 e. The summed E-state index contributed by atoms with van der Waals surface area (Å²) in [6.45, 7) is 0.458. The van der Waals surface area contributed by atoms with E-state index in [0.717, 1.165) is 5.69 Å². The Hall–Kier alpha value is -2.44. The van der Waals surface area contributed by atoms with Gasteiger partial charge < -0.3 is 5.43 Å². The van der Waals surface area contributed by atoms with Crippen LogP contribution in [0.25, 0.3) is 0 Å². The van der Waals surface area contributed by atoms with Gasteiger partial charge in [-0.2, -0.15) is 9.89 Å². The van der Waals surface area contributed by atoms with Crippen LogP contribution in [0.2, 0.25) is 0 Å². The summed E-state index contributed by atoms with van der Waals surface area (Å²) in [5.41, 5.74) is 3.66. The monoisotopic (exact) mass is 219 g/mol. The van der Waals surface area contributed by atoms with E-state index in [1.54, 1.807) is 6.20 Å². The van der Waals surface area contributed by atoms with Crippen LogP contribution in [0.5, 0.6) is 0 Å². The van der Waals surface area contributed by atoms with E-state index in [1.807, 2.05) is 18.2 Å². The first kappa shape index (κ1) is 10.1. The lowest BCUT2D eigenvalue weighted by Crippen LogP contribution is -2.15. The quantitative estimate of drug-likeness (QED) is 0.610. The molecule has 0 aromatic carbocycles. The number of aromatic nitrogens is 3. The van der Waals surface area contributed by atoms with E-state index < -0.39 is 4.92 Å². The summed E-state index contributed by atoms with van der Waals surface area (Å²) in [6.07, 6.45) is 4.18. The Kier molecular flexibility index (Phi) is 2.77. The van der Waals surface area contributed by atoms with E-state index in [0.29, 0.717) is 6.54 Å². The minimum atomic E-state index is -0.494. The Morgan fingerprint density at radius 3 is 3.00 bits per heavy atom. The van der Waals surface area contributed by atoms with Gasteiger partial charge in [0.1, 0.15) is 12.4 Å². The normalized spacial score (nSPS) is 10.0. The molecule has 7 nitrogen and oxygen atoms in total. The van der Waals surface area contributed by atoms with E-state index in [4.69, 9.17) is 0 Å². The van der Waals surface area contributed by atoms with Crippen molar-refractivity contribution in [2.75, 3.05) is 5.43 Å². The molecule has 0 aliphatic rings. The first-order valence-corrected chi connectivity index (χ1v) is 4.58. The van der Waals surface area contributed by atoms with Gasteiger partial charge in [0.2, 0.25) is 0 Å². The molecule has 7 heteroatoms. The number of nitrogens with one attached hydrogen (secondary N) is 1. The van der Waals surface area contributed by atoms with Gasteiger partial charge in [0.05, 0.1) is 17.2 Å². The SMILES string of the molecule is O=[N+]([O-])c1cnn(NCc2ccccn2)c1. The Morgan fingerprint density at radius 2 is 2.38 bits per heavy atom. The van der Waals surface area contributed by atoms with Crippen molar-refractivity contribution in [2.45, 2.75) is 6.54 Å². The van der Waals surface area contributed by atoms with Gasteiger partial charge in [-0.25, -0.2) is 0 Å². The molecule has 0 aliphatic heterocycles. The van der Waals surface area contributed by atoms with Crippen molar-refractivity contribution in [3.63, 3.8) is 0 Å². The van der Waals surface area contributed by atoms with Crippen molar-refractivity contribution in [2.24, 2.45) is 0 Å². The van der Waals surface area contributed by atoms with Crippen molar-refractivity contribution in [3.05, 3.63) is 52.6 Å². The minimum Gasteiger partial charge on any atom is -0.304 e. The molecular weight excluding hydrogens is 210 g/mol. The van der Waals surface area contributed by atoms with E-state index in [-0.39, 0.29) is 5.69 Å². The molecule has 2 aromatic heterocycles. The Labute approximate surface area is 90.9 Å². The van der Waals surface area contributed by atoms with Gasteiger partial charge in [-0.1, -0.05) is 6.07 Å². The molecule has 0 amide bonds. The first-order chi connectivity index (χ1) is 7.75. The molecule has 0 unspecified atom stereocenters. The Bertz CT molecular complexity index is 482. The first-order valence-electron chi connectivity index (χ1n) is 4.58. The average molecular weight is 219 g/mol. The zero-order valence-corrected chi connectivity index (χ0v) is 8.28. The lowest BCUT2D eigenvalue weighted by molar-refractivity contribution is -0.384. The maximum absolute atomic E-state index is 10.4. The number of rotatable bonds is 4. The van der Waals surface area contributed by atoms with Crippen LogP contribution in [-0.2, 0) is 6.54 Å². The summed E-state index contributed by atoms with van der Waals surface area (Å²) in [5, 5.41) is 14.2. The highest BCUT2D eigenvalue weighted by Gasteiger charge is 2.07. The molecule has 0 bridgehead atoms. The van der Waals surface area contributed by atoms with Gasteiger partial charge in [0.25, 0.3) is 0 Å². The second-order valence-electron chi connectivity index (χ2n) is 3.06. The number of nitrogens with zero attached hydrogens (tertiary/aromatic N) is 4. The van der Waals surface area contributed by atoms with Crippen LogP contribution in [0.15, 0.2) is 36.8 Å². The third kappa shape index (κ3) is 2.32. The van der Waals surface area contributed by atoms with Gasteiger partial charge in [0.15, 0.2) is 0 Å². The van der Waals surface area contributed by atoms with Crippen molar-refractivity contribution in [1.82, 2.24) is 14.9 Å². The predicted molar refractivity (Wildman–Crippen MR) is 56.2 cm³/mol. The van der Waals surface area contributed by atoms with Crippen LogP contribution < -0.4 is 5.43 Å². The van der Waals surface area contributed by atoms with Crippen molar-refractivity contribution in [3.8, 4) is 0 Å². The summed E-state index contributed by atoms with van der Waals surface area (Å²) in [4.78, 5) is 15.3. The standard InChI is InChI=1S/C9H9N5O2/c15-14(16)9-6-12-13(7-9)11-5-8-3-1-2-4-10-8/h1-4,6-7,11H,5H2. The molecule has 2 rings (SSSR count). The molecule has 16 heavy (non-hydrogen) atoms. The summed E-state index contributed by atoms with van der Waals surface area (Å²) >= 11 is 0. The van der Waals surface area contributed by atoms with E-state index in [9.17, 15) is 10.1 Å². The second kappa shape index (κ2) is 4.39. The van der Waals surface area contributed by atoms with Gasteiger partial charge in [0, 0.05) is 6.20 Å². The van der Waals surface area contributed by atoms with Crippen LogP contribution >= 0.6 is 0 Å². The zero-order chi connectivity index (χ0) is 11.4. The summed E-state index contributed by atoms with van der Waals surface area (Å²) in [5.74, 6) is 0. The zero-order valence-electron chi connectivity index (χ0n) is 8.28. The van der Waals surface area contributed by atoms with Crippen LogP contribution in [0.3, 0.4) is 0 Å². The lowest BCUT2D eigenvalue weighted by Gasteiger charge is -2.03. The fourth-order valence-electron chi connectivity index (χ4n) is 1.16. The summed E-state index contributed by atoms with van der Waals surface area (Å²) in [7, 11) is 0. The highest BCUT2D eigenvalue weighted by atomic mass is 16.6. The molecule has 0 spiro atoms. The summed E-state index contributed by atoms with van der Waals surface area (Å²) < 4.78 is 0. The Balaban J connectivity index is 1.97. The molecule has 0 atom stereocenters. The van der Waals surface area contributed by atoms with Crippen molar-refractivity contribution in [1.29, 1.82) is 0 Å². The molecule has 0 saturated heterocycles. The fraction of sp³-hybridized carbons (Fsp3) is 0.111. The maximum atomic E-state index is 10.4. The molecule has 0 fully saturated rings. The van der Waals surface area contributed by atoms with Gasteiger partial charge in [-0.3, -0.25) is 15.1 Å². The smallest absolute Gasteiger partial charge is 0.304 e. The second-order valence-corrected chi connectivity index (χ2v) is 3.06. The highest BCUT2D eigenvalue weighted by molar-refractivity contribution is 5.21. The lowest BCUT2D eigenvalue weighted by atomic mass is 10.4. The third-order valence-electron chi connectivity index (χ3n) is 1.93. The number of hydrogen-bond donors (Lipinski definition) is 1. The predicted octanol–water partition coefficient (Wildman–Crippen LogP) is 0.930. The Morgan fingerprint density at radius 1 is 1.50 bits per heavy atom. The molecule has 0 saturated carbocycles. The van der Waals surface area contributed by atoms with Crippen LogP contribution in [0.4, 0.5) is 5.69 Å². The number of nitro groups is 1. The number of hydrogen-bond acceptors (Lipinski definition) is 5. The van der Waals surface area contributed by atoms with Gasteiger partial charge in [-0.15, -0.1) is 0 Å². The molecule has 0 aliphatic carbocycles. The van der Waals surface area contributed by atoms with Crippen LogP contribution in [0, 0.1) is 10.1 Å². The average Bonchev–Trinajstić information content (AvgIpc) is 2.76. The molecular formula is C9H9N5O2. The van der Waals surface area contributed by atoms with Gasteiger partial charge in [-0.05, 0) is 12.1 Å². The van der Waals surface area contributed by atoms with E-state index >= 15 is 0 Å². The topological polar surface area (TPSA) is 85.9 Å². The van der Waals surface area contributed by atoms with E-state index in [2.05, 4.69) is 15.5 Å². The maximum Gasteiger partial charge on any atom is 0.309 e. The van der Waals surface area contributed by atoms with Crippen LogP contribution in [-0.4, -0.2) is 19.8 Å². The van der Waals surface area contributed by atoms with Gasteiger partial charge >= 0.3 is 5.69 Å². The molecule has 2 heterocycles. The molecule has 0 radical (unpaired) electrons. The van der Waals surface area contributed by atoms with E-state index in [1.165, 1.54) is 17.2 Å². The molecule has 2 aromatic rings. The van der Waals surface area contributed by atoms with Crippen LogP contribution in [0.1, 0.15) is 5.69 Å². The summed E-state index contributed by atoms with van der Waals surface area (Å²) in [6, 6.07) is 5.54. The number of pyridine rings is 1. The highest BCUT2D eigenvalue weighted by Crippen LogP contribution is 2.06. The van der Waals surface area contributed by atoms with Crippen molar-refractivity contribution >= 4 is 5.69 Å². The molecule has 1 N–H and O–H groups in total. The fourth-order valence-corrected chi connectivity index (χ4v) is 1.16. The van der Waals surface area contributed by atoms with Crippen molar-refractivity contribution < 1.29 is 4.92 Å². The minimum absolute atomic E-state index is 0.0477. The molecule has 82 valence electrons.